The predicted octanol–water partition coefficient (Wildman–Crippen LogP) is -1.62. The summed E-state index contributed by atoms with van der Waals surface area (Å²) in [6.07, 6.45) is 0. The van der Waals surface area contributed by atoms with Gasteiger partial charge in [0.1, 0.15) is 22.8 Å². The maximum absolute atomic E-state index is 9.97. The van der Waals surface area contributed by atoms with Gasteiger partial charge in [0.05, 0.1) is 25.7 Å². The molecule has 4 aromatic rings. The van der Waals surface area contributed by atoms with Crippen molar-refractivity contribution in [1.29, 1.82) is 0 Å². The van der Waals surface area contributed by atoms with Crippen LogP contribution >= 0.6 is 0 Å². The first-order valence-electron chi connectivity index (χ1n) is 9.44. The molecule has 1 aromatic heterocycles. The largest absolute Gasteiger partial charge is 0.508 e. The van der Waals surface area contributed by atoms with Crippen molar-refractivity contribution in [3.8, 4) is 28.6 Å². The normalized spacial score (nSPS) is 11.6. The Morgan fingerprint density at radius 2 is 1.55 bits per heavy atom. The lowest BCUT2D eigenvalue weighted by molar-refractivity contribution is -2.00. The van der Waals surface area contributed by atoms with Crippen molar-refractivity contribution < 1.29 is 52.9 Å². The summed E-state index contributed by atoms with van der Waals surface area (Å²) in [6.45, 7) is 0. The number of hydrogen-bond acceptors (Lipinski definition) is 8. The van der Waals surface area contributed by atoms with Crippen LogP contribution in [0.1, 0.15) is 0 Å². The van der Waals surface area contributed by atoms with Crippen molar-refractivity contribution in [2.75, 3.05) is 14.2 Å². The molecule has 0 radical (unpaired) electrons. The van der Waals surface area contributed by atoms with Gasteiger partial charge in [0.15, 0.2) is 5.75 Å². The van der Waals surface area contributed by atoms with Gasteiger partial charge in [-0.05, 0) is 24.3 Å². The number of fused-ring (bicyclic) bond motifs is 1. The molecular formula is C23H20ClNO8. The summed E-state index contributed by atoms with van der Waals surface area (Å²) >= 11 is 0. The Kier molecular flexibility index (Phi) is 7.54. The molecule has 33 heavy (non-hydrogen) atoms. The number of rotatable bonds is 4. The van der Waals surface area contributed by atoms with Crippen LogP contribution in [0, 0.1) is 10.2 Å². The summed E-state index contributed by atoms with van der Waals surface area (Å²) in [5.41, 5.74) is 2.40. The number of aromatic hydroxyl groups is 1. The number of methoxy groups -OCH3 is 2. The molecule has 0 aliphatic carbocycles. The van der Waals surface area contributed by atoms with Crippen LogP contribution in [0.25, 0.3) is 22.3 Å². The van der Waals surface area contributed by atoms with Gasteiger partial charge < -0.3 is 19.0 Å². The second-order valence-electron chi connectivity index (χ2n) is 6.64. The molecule has 0 saturated carbocycles. The first kappa shape index (κ1) is 24.1. The van der Waals surface area contributed by atoms with Gasteiger partial charge in [-0.3, -0.25) is 0 Å². The molecule has 0 spiro atoms. The molecule has 0 aliphatic heterocycles. The van der Waals surface area contributed by atoms with E-state index in [4.69, 9.17) is 32.5 Å². The maximum atomic E-state index is 9.97. The van der Waals surface area contributed by atoms with E-state index in [1.807, 2.05) is 54.6 Å². The van der Waals surface area contributed by atoms with E-state index >= 15 is 0 Å². The predicted molar refractivity (Wildman–Crippen MR) is 107 cm³/mol. The quantitative estimate of drug-likeness (QED) is 0.358. The van der Waals surface area contributed by atoms with Gasteiger partial charge in [-0.1, -0.05) is 30.3 Å². The number of nitrogens with one attached hydrogen (secondary N) is 1. The van der Waals surface area contributed by atoms with E-state index in [0.29, 0.717) is 22.8 Å². The lowest BCUT2D eigenvalue weighted by atomic mass is 10.1. The van der Waals surface area contributed by atoms with Crippen molar-refractivity contribution in [1.82, 2.24) is 0 Å². The smallest absolute Gasteiger partial charge is 0.246 e. The third kappa shape index (κ3) is 6.69. The van der Waals surface area contributed by atoms with E-state index in [-0.39, 0.29) is 5.75 Å². The molecule has 0 unspecified atom stereocenters. The van der Waals surface area contributed by atoms with E-state index < -0.39 is 10.2 Å². The Bertz CT molecular complexity index is 1290. The number of hydrogen-bond donors (Lipinski definition) is 2. The number of phenols is 1. The summed E-state index contributed by atoms with van der Waals surface area (Å²) < 4.78 is 50.8. The lowest BCUT2D eigenvalue weighted by Gasteiger charge is -2.17. The highest BCUT2D eigenvalue weighted by atomic mass is 35.7. The van der Waals surface area contributed by atoms with Crippen molar-refractivity contribution in [3.63, 3.8) is 0 Å². The molecule has 0 atom stereocenters. The summed E-state index contributed by atoms with van der Waals surface area (Å²) in [5.74, 6) is 2.24. The molecular weight excluding hydrogens is 454 g/mol. The molecule has 10 heteroatoms. The summed E-state index contributed by atoms with van der Waals surface area (Å²) in [5, 5.41) is 11.5. The molecule has 0 bridgehead atoms. The van der Waals surface area contributed by atoms with Crippen molar-refractivity contribution >= 4 is 16.7 Å². The molecule has 9 nitrogen and oxygen atoms in total. The van der Waals surface area contributed by atoms with Crippen LogP contribution in [0.3, 0.4) is 0 Å². The minimum atomic E-state index is -4.94. The number of phenolic OH excluding ortho intramolecular Hbond substituents is 1. The third-order valence-corrected chi connectivity index (χ3v) is 4.49. The minimum absolute atomic E-state index is 0.167. The van der Waals surface area contributed by atoms with Crippen LogP contribution in [0.4, 0.5) is 5.69 Å². The van der Waals surface area contributed by atoms with Crippen LogP contribution < -0.4 is 38.5 Å². The van der Waals surface area contributed by atoms with Gasteiger partial charge in [-0.25, -0.2) is 23.6 Å². The molecule has 0 amide bonds. The number of benzene rings is 3. The summed E-state index contributed by atoms with van der Waals surface area (Å²) in [7, 11) is -1.72. The highest BCUT2D eigenvalue weighted by Gasteiger charge is 2.13. The van der Waals surface area contributed by atoms with Gasteiger partial charge in [-0.2, -0.15) is 0 Å². The molecule has 0 fully saturated rings. The van der Waals surface area contributed by atoms with E-state index in [1.54, 1.807) is 32.4 Å². The highest BCUT2D eigenvalue weighted by Crippen LogP contribution is 2.26. The average molecular weight is 474 g/mol. The van der Waals surface area contributed by atoms with E-state index in [9.17, 15) is 5.11 Å². The van der Waals surface area contributed by atoms with Crippen molar-refractivity contribution in [3.05, 3.63) is 78.2 Å². The molecule has 0 saturated heterocycles. The lowest BCUT2D eigenvalue weighted by Crippen LogP contribution is -2.70. The van der Waals surface area contributed by atoms with E-state index in [0.717, 1.165) is 22.0 Å². The molecule has 1 heterocycles. The summed E-state index contributed by atoms with van der Waals surface area (Å²) in [4.78, 5) is 3.40. The van der Waals surface area contributed by atoms with E-state index in [1.165, 1.54) is 0 Å². The average Bonchev–Trinajstić information content (AvgIpc) is 2.79. The van der Waals surface area contributed by atoms with Gasteiger partial charge in [-0.15, -0.1) is 10.2 Å². The monoisotopic (exact) mass is 473 g/mol. The fourth-order valence-electron chi connectivity index (χ4n) is 3.07. The van der Waals surface area contributed by atoms with Crippen molar-refractivity contribution in [2.45, 2.75) is 0 Å². The molecule has 3 aromatic carbocycles. The van der Waals surface area contributed by atoms with Gasteiger partial charge in [0.25, 0.3) is 0 Å². The van der Waals surface area contributed by atoms with Crippen LogP contribution in [-0.4, -0.2) is 19.3 Å². The fourth-order valence-corrected chi connectivity index (χ4v) is 3.07. The third-order valence-electron chi connectivity index (χ3n) is 4.49. The Hall–Kier alpha value is -3.60. The van der Waals surface area contributed by atoms with Crippen LogP contribution in [-0.2, 0) is 0 Å². The second-order valence-corrected chi connectivity index (χ2v) is 7.40. The Morgan fingerprint density at radius 1 is 0.848 bits per heavy atom. The zero-order chi connectivity index (χ0) is 24.0. The molecule has 4 rings (SSSR count). The van der Waals surface area contributed by atoms with Gasteiger partial charge >= 0.3 is 0 Å². The Balaban J connectivity index is 0.000000555. The zero-order valence-electron chi connectivity index (χ0n) is 17.6. The van der Waals surface area contributed by atoms with Crippen molar-refractivity contribution in [2.24, 2.45) is 0 Å². The first-order chi connectivity index (χ1) is 15.7. The SMILES string of the molecule is COc1ccc([NH+]=c2cc(-c3ccccc3)oc3ccc(O)cc23)c(OC)c1.[O-][Cl+3]([O-])([O-])[O-]. The first-order valence-corrected chi connectivity index (χ1v) is 10.7. The second kappa shape index (κ2) is 10.3. The minimum Gasteiger partial charge on any atom is -0.508 e. The Labute approximate surface area is 190 Å². The van der Waals surface area contributed by atoms with Crippen LogP contribution in [0.2, 0.25) is 0 Å². The Morgan fingerprint density at radius 3 is 2.18 bits per heavy atom. The van der Waals surface area contributed by atoms with E-state index in [2.05, 4.69) is 4.99 Å². The maximum Gasteiger partial charge on any atom is 0.246 e. The molecule has 172 valence electrons. The summed E-state index contributed by atoms with van der Waals surface area (Å²) in [6, 6.07) is 22.4. The highest BCUT2D eigenvalue weighted by molar-refractivity contribution is 5.79. The molecule has 0 aliphatic rings. The number of halogens is 1. The topological polar surface area (TPSA) is 158 Å². The number of ether oxygens (including phenoxy) is 2. The zero-order valence-corrected chi connectivity index (χ0v) is 18.4. The van der Waals surface area contributed by atoms with Gasteiger partial charge in [0.2, 0.25) is 11.0 Å². The fraction of sp³-hybridized carbons (Fsp3) is 0.0870. The van der Waals surface area contributed by atoms with Gasteiger partial charge in [0, 0.05) is 17.7 Å². The standard InChI is InChI=1S/C23H19NO4.ClHO4/c1-26-17-9-10-19(23(13-17)27-2)24-20-14-22(15-6-4-3-5-7-15)28-21-11-8-16(25)12-18(20)21;2-1(3,4)5/h3-14,25H,1-2H3;(H,2,3,4,5). The van der Waals surface area contributed by atoms with Crippen LogP contribution in [0.5, 0.6) is 17.2 Å². The van der Waals surface area contributed by atoms with Crippen LogP contribution in [0.15, 0.2) is 77.2 Å². The molecule has 2 N–H and O–H groups in total.